The number of nitrogens with one attached hydrogen (secondary N) is 2. The molecule has 27 heavy (non-hydrogen) atoms. The van der Waals surface area contributed by atoms with E-state index in [1.54, 1.807) is 35.6 Å². The first-order chi connectivity index (χ1) is 13.1. The van der Waals surface area contributed by atoms with Crippen molar-refractivity contribution in [2.75, 3.05) is 38.2 Å². The second-order valence-corrected chi connectivity index (χ2v) is 6.42. The van der Waals surface area contributed by atoms with Crippen LogP contribution in [0.4, 0.5) is 10.5 Å². The summed E-state index contributed by atoms with van der Waals surface area (Å²) in [5.41, 5.74) is 2.01. The molecule has 1 aliphatic rings. The molecule has 0 bridgehead atoms. The molecule has 3 amide bonds. The number of hydrogen-bond acceptors (Lipinski definition) is 4. The molecule has 0 spiro atoms. The van der Waals surface area contributed by atoms with Gasteiger partial charge in [0.15, 0.2) is 0 Å². The first kappa shape index (κ1) is 18.9. The number of rotatable bonds is 6. The maximum absolute atomic E-state index is 12.7. The van der Waals surface area contributed by atoms with Crippen LogP contribution in [0, 0.1) is 6.92 Å². The number of amides is 3. The molecule has 0 radical (unpaired) electrons. The van der Waals surface area contributed by atoms with Crippen LogP contribution in [0.5, 0.6) is 0 Å². The van der Waals surface area contributed by atoms with Gasteiger partial charge in [0.05, 0.1) is 19.5 Å². The quantitative estimate of drug-likeness (QED) is 0.759. The van der Waals surface area contributed by atoms with Crippen LogP contribution < -0.4 is 10.6 Å². The highest BCUT2D eigenvalue weighted by Gasteiger charge is 2.21. The van der Waals surface area contributed by atoms with E-state index in [0.29, 0.717) is 44.1 Å². The summed E-state index contributed by atoms with van der Waals surface area (Å²) in [5, 5.41) is 5.67. The summed E-state index contributed by atoms with van der Waals surface area (Å²) in [6.07, 6.45) is 6.17. The molecule has 2 heterocycles. The second-order valence-electron chi connectivity index (χ2n) is 6.42. The van der Waals surface area contributed by atoms with E-state index in [-0.39, 0.29) is 11.9 Å². The van der Waals surface area contributed by atoms with E-state index in [1.165, 1.54) is 0 Å². The Kier molecular flexibility index (Phi) is 6.43. The number of nitrogens with zero attached hydrogens (tertiary/aromatic N) is 3. The molecule has 3 rings (SSSR count). The number of carbonyl (C=O) groups is 2. The van der Waals surface area contributed by atoms with Crippen LogP contribution in [0.2, 0.25) is 0 Å². The highest BCUT2D eigenvalue weighted by molar-refractivity contribution is 5.99. The molecule has 8 nitrogen and oxygen atoms in total. The lowest BCUT2D eigenvalue weighted by molar-refractivity contribution is 0.0302. The summed E-state index contributed by atoms with van der Waals surface area (Å²) in [5.74, 6) is -0.0276. The zero-order valence-electron chi connectivity index (χ0n) is 15.5. The van der Waals surface area contributed by atoms with Gasteiger partial charge in [-0.3, -0.25) is 4.79 Å². The lowest BCUT2D eigenvalue weighted by Gasteiger charge is -2.27. The molecule has 1 saturated heterocycles. The Morgan fingerprint density at radius 3 is 2.81 bits per heavy atom. The predicted octanol–water partition coefficient (Wildman–Crippen LogP) is 1.88. The van der Waals surface area contributed by atoms with Crippen molar-refractivity contribution in [3.05, 3.63) is 48.0 Å². The van der Waals surface area contributed by atoms with Crippen molar-refractivity contribution in [3.8, 4) is 0 Å². The number of imidazole rings is 1. The van der Waals surface area contributed by atoms with Crippen molar-refractivity contribution in [1.82, 2.24) is 19.8 Å². The van der Waals surface area contributed by atoms with Crippen LogP contribution in [0.1, 0.15) is 22.3 Å². The fraction of sp³-hybridized carbons (Fsp3) is 0.421. The van der Waals surface area contributed by atoms with Gasteiger partial charge in [0, 0.05) is 49.8 Å². The number of morpholine rings is 1. The summed E-state index contributed by atoms with van der Waals surface area (Å²) in [4.78, 5) is 30.6. The fourth-order valence-corrected chi connectivity index (χ4v) is 2.99. The van der Waals surface area contributed by atoms with Crippen molar-refractivity contribution in [2.45, 2.75) is 19.9 Å². The van der Waals surface area contributed by atoms with Gasteiger partial charge in [-0.05, 0) is 31.0 Å². The molecule has 0 atom stereocenters. The van der Waals surface area contributed by atoms with Gasteiger partial charge in [0.1, 0.15) is 0 Å². The van der Waals surface area contributed by atoms with E-state index in [9.17, 15) is 9.59 Å². The monoisotopic (exact) mass is 371 g/mol. The molecule has 1 aromatic heterocycles. The van der Waals surface area contributed by atoms with E-state index in [1.807, 2.05) is 17.7 Å². The van der Waals surface area contributed by atoms with Crippen molar-refractivity contribution < 1.29 is 14.3 Å². The van der Waals surface area contributed by atoms with Crippen LogP contribution in [0.3, 0.4) is 0 Å². The number of benzene rings is 1. The van der Waals surface area contributed by atoms with Crippen molar-refractivity contribution in [2.24, 2.45) is 0 Å². The Balaban J connectivity index is 1.53. The average molecular weight is 371 g/mol. The zero-order chi connectivity index (χ0) is 19.1. The van der Waals surface area contributed by atoms with Gasteiger partial charge in [-0.15, -0.1) is 0 Å². The molecule has 0 saturated carbocycles. The van der Waals surface area contributed by atoms with Gasteiger partial charge in [-0.25, -0.2) is 9.78 Å². The first-order valence-electron chi connectivity index (χ1n) is 9.12. The minimum absolute atomic E-state index is 0.0276. The van der Waals surface area contributed by atoms with Crippen LogP contribution in [-0.4, -0.2) is 59.2 Å². The minimum atomic E-state index is -0.278. The SMILES string of the molecule is Cc1c(NC(=O)NCCCn2ccnc2)cccc1C(=O)N1CCOCC1. The Morgan fingerprint density at radius 1 is 1.26 bits per heavy atom. The van der Waals surface area contributed by atoms with E-state index >= 15 is 0 Å². The van der Waals surface area contributed by atoms with Gasteiger partial charge < -0.3 is 24.8 Å². The lowest BCUT2D eigenvalue weighted by atomic mass is 10.1. The number of hydrogen-bond donors (Lipinski definition) is 2. The van der Waals surface area contributed by atoms with Crippen LogP contribution in [0.25, 0.3) is 0 Å². The molecule has 2 aromatic rings. The summed E-state index contributed by atoms with van der Waals surface area (Å²) >= 11 is 0. The number of aromatic nitrogens is 2. The third-order valence-corrected chi connectivity index (χ3v) is 4.55. The topological polar surface area (TPSA) is 88.5 Å². The molecule has 0 unspecified atom stereocenters. The molecule has 1 aromatic carbocycles. The third-order valence-electron chi connectivity index (χ3n) is 4.55. The van der Waals surface area contributed by atoms with E-state index < -0.39 is 0 Å². The Hall–Kier alpha value is -2.87. The minimum Gasteiger partial charge on any atom is -0.378 e. The molecule has 2 N–H and O–H groups in total. The molecule has 8 heteroatoms. The molecule has 0 aliphatic carbocycles. The zero-order valence-corrected chi connectivity index (χ0v) is 15.5. The number of aryl methyl sites for hydroxylation is 1. The second kappa shape index (κ2) is 9.18. The summed E-state index contributed by atoms with van der Waals surface area (Å²) < 4.78 is 7.26. The fourth-order valence-electron chi connectivity index (χ4n) is 2.99. The number of ether oxygens (including phenoxy) is 1. The van der Waals surface area contributed by atoms with Gasteiger partial charge >= 0.3 is 6.03 Å². The largest absolute Gasteiger partial charge is 0.378 e. The van der Waals surface area contributed by atoms with Gasteiger partial charge in [0.2, 0.25) is 0 Å². The van der Waals surface area contributed by atoms with Crippen LogP contribution in [0.15, 0.2) is 36.9 Å². The standard InChI is InChI=1S/C19H25N5O3/c1-15-16(18(25)24-10-12-27-13-11-24)4-2-5-17(15)22-19(26)21-6-3-8-23-9-7-20-14-23/h2,4-5,7,9,14H,3,6,8,10-13H2,1H3,(H2,21,22,26). The maximum atomic E-state index is 12.7. The maximum Gasteiger partial charge on any atom is 0.319 e. The van der Waals surface area contributed by atoms with E-state index in [4.69, 9.17) is 4.74 Å². The van der Waals surface area contributed by atoms with Crippen molar-refractivity contribution in [1.29, 1.82) is 0 Å². The van der Waals surface area contributed by atoms with E-state index in [2.05, 4.69) is 15.6 Å². The summed E-state index contributed by atoms with van der Waals surface area (Å²) in [7, 11) is 0. The van der Waals surface area contributed by atoms with Crippen LogP contribution >= 0.6 is 0 Å². The predicted molar refractivity (Wildman–Crippen MR) is 102 cm³/mol. The van der Waals surface area contributed by atoms with Crippen molar-refractivity contribution in [3.63, 3.8) is 0 Å². The number of carbonyl (C=O) groups excluding carboxylic acids is 2. The smallest absolute Gasteiger partial charge is 0.319 e. The molecular weight excluding hydrogens is 346 g/mol. The first-order valence-corrected chi connectivity index (χ1v) is 9.12. The van der Waals surface area contributed by atoms with Crippen molar-refractivity contribution >= 4 is 17.6 Å². The molecule has 144 valence electrons. The van der Waals surface area contributed by atoms with Crippen LogP contribution in [-0.2, 0) is 11.3 Å². The molecule has 1 aliphatic heterocycles. The lowest BCUT2D eigenvalue weighted by Crippen LogP contribution is -2.41. The summed E-state index contributed by atoms with van der Waals surface area (Å²) in [6, 6.07) is 5.10. The highest BCUT2D eigenvalue weighted by Crippen LogP contribution is 2.21. The van der Waals surface area contributed by atoms with Gasteiger partial charge in [0.25, 0.3) is 5.91 Å². The van der Waals surface area contributed by atoms with Gasteiger partial charge in [-0.2, -0.15) is 0 Å². The third kappa shape index (κ3) is 5.07. The average Bonchev–Trinajstić information content (AvgIpc) is 3.21. The van der Waals surface area contributed by atoms with E-state index in [0.717, 1.165) is 18.5 Å². The normalized spacial score (nSPS) is 14.0. The van der Waals surface area contributed by atoms with Gasteiger partial charge in [-0.1, -0.05) is 6.07 Å². The number of anilines is 1. The molecular formula is C19H25N5O3. The highest BCUT2D eigenvalue weighted by atomic mass is 16.5. The number of urea groups is 1. The summed E-state index contributed by atoms with van der Waals surface area (Å²) in [6.45, 7) is 5.50. The Bertz CT molecular complexity index is 770. The Morgan fingerprint density at radius 2 is 2.07 bits per heavy atom. The Labute approximate surface area is 158 Å². The molecule has 1 fully saturated rings.